The SMILES string of the molecule is Cc1cc(F)c(Nc2nccn2C2CCCCC2)cc1F. The van der Waals surface area contributed by atoms with Crippen molar-refractivity contribution in [1.29, 1.82) is 0 Å². The summed E-state index contributed by atoms with van der Waals surface area (Å²) in [6.45, 7) is 1.55. The van der Waals surface area contributed by atoms with Crippen molar-refractivity contribution in [3.05, 3.63) is 41.7 Å². The monoisotopic (exact) mass is 291 g/mol. The summed E-state index contributed by atoms with van der Waals surface area (Å²) in [5.74, 6) is -0.314. The third-order valence-electron chi connectivity index (χ3n) is 4.13. The van der Waals surface area contributed by atoms with E-state index in [9.17, 15) is 8.78 Å². The molecule has 5 heteroatoms. The summed E-state index contributed by atoms with van der Waals surface area (Å²) >= 11 is 0. The first-order valence-corrected chi connectivity index (χ1v) is 7.40. The number of halogens is 2. The number of hydrogen-bond donors (Lipinski definition) is 1. The molecular weight excluding hydrogens is 272 g/mol. The molecule has 1 heterocycles. The first kappa shape index (κ1) is 14.0. The van der Waals surface area contributed by atoms with Crippen molar-refractivity contribution in [2.24, 2.45) is 0 Å². The lowest BCUT2D eigenvalue weighted by atomic mass is 9.95. The number of rotatable bonds is 3. The second kappa shape index (κ2) is 5.84. The zero-order valence-electron chi connectivity index (χ0n) is 12.1. The maximum atomic E-state index is 13.9. The van der Waals surface area contributed by atoms with Crippen LogP contribution in [0.25, 0.3) is 0 Å². The van der Waals surface area contributed by atoms with Gasteiger partial charge < -0.3 is 9.88 Å². The van der Waals surface area contributed by atoms with Crippen molar-refractivity contribution in [1.82, 2.24) is 9.55 Å². The van der Waals surface area contributed by atoms with Crippen molar-refractivity contribution in [2.75, 3.05) is 5.32 Å². The molecule has 1 aromatic carbocycles. The topological polar surface area (TPSA) is 29.9 Å². The molecule has 0 aliphatic heterocycles. The van der Waals surface area contributed by atoms with Crippen LogP contribution in [-0.2, 0) is 0 Å². The van der Waals surface area contributed by atoms with E-state index >= 15 is 0 Å². The highest BCUT2D eigenvalue weighted by Gasteiger charge is 2.18. The van der Waals surface area contributed by atoms with Gasteiger partial charge in [-0.1, -0.05) is 19.3 Å². The zero-order chi connectivity index (χ0) is 14.8. The molecule has 3 rings (SSSR count). The number of benzene rings is 1. The first-order valence-electron chi connectivity index (χ1n) is 7.40. The van der Waals surface area contributed by atoms with Crippen LogP contribution < -0.4 is 5.32 Å². The van der Waals surface area contributed by atoms with Gasteiger partial charge in [-0.25, -0.2) is 13.8 Å². The molecule has 0 unspecified atom stereocenters. The minimum Gasteiger partial charge on any atom is -0.323 e. The third-order valence-corrected chi connectivity index (χ3v) is 4.13. The molecule has 1 aliphatic carbocycles. The Morgan fingerprint density at radius 1 is 1.14 bits per heavy atom. The van der Waals surface area contributed by atoms with Gasteiger partial charge in [0.2, 0.25) is 5.95 Å². The Morgan fingerprint density at radius 3 is 2.67 bits per heavy atom. The summed E-state index contributed by atoms with van der Waals surface area (Å²) < 4.78 is 29.6. The minimum absolute atomic E-state index is 0.126. The zero-order valence-corrected chi connectivity index (χ0v) is 12.1. The molecule has 112 valence electrons. The first-order chi connectivity index (χ1) is 10.1. The van der Waals surface area contributed by atoms with Crippen LogP contribution in [0.3, 0.4) is 0 Å². The van der Waals surface area contributed by atoms with Crippen molar-refractivity contribution >= 4 is 11.6 Å². The number of aromatic nitrogens is 2. The average Bonchev–Trinajstić information content (AvgIpc) is 2.94. The minimum atomic E-state index is -0.466. The fraction of sp³-hybridized carbons (Fsp3) is 0.438. The average molecular weight is 291 g/mol. The fourth-order valence-corrected chi connectivity index (χ4v) is 2.93. The standard InChI is InChI=1S/C16H19F2N3/c1-11-9-14(18)15(10-13(11)17)20-16-19-7-8-21(16)12-5-3-2-4-6-12/h7-10,12H,2-6H2,1H3,(H,19,20). The maximum Gasteiger partial charge on any atom is 0.207 e. The molecule has 1 saturated carbocycles. The molecule has 2 aromatic rings. The predicted molar refractivity (Wildman–Crippen MR) is 78.7 cm³/mol. The number of nitrogens with one attached hydrogen (secondary N) is 1. The van der Waals surface area contributed by atoms with Crippen LogP contribution in [0.4, 0.5) is 20.4 Å². The van der Waals surface area contributed by atoms with Crippen LogP contribution in [0.2, 0.25) is 0 Å². The van der Waals surface area contributed by atoms with Gasteiger partial charge in [0.1, 0.15) is 11.6 Å². The van der Waals surface area contributed by atoms with Gasteiger partial charge in [0.05, 0.1) is 5.69 Å². The third kappa shape index (κ3) is 2.91. The van der Waals surface area contributed by atoms with Crippen molar-refractivity contribution in [3.63, 3.8) is 0 Å². The van der Waals surface area contributed by atoms with E-state index in [2.05, 4.69) is 10.3 Å². The molecule has 0 atom stereocenters. The molecule has 0 spiro atoms. The van der Waals surface area contributed by atoms with Gasteiger partial charge in [-0.05, 0) is 31.4 Å². The molecule has 21 heavy (non-hydrogen) atoms. The van der Waals surface area contributed by atoms with Gasteiger partial charge in [-0.3, -0.25) is 0 Å². The molecule has 3 nitrogen and oxygen atoms in total. The Labute approximate surface area is 123 Å². The summed E-state index contributed by atoms with van der Waals surface area (Å²) in [7, 11) is 0. The van der Waals surface area contributed by atoms with Crippen LogP contribution in [0, 0.1) is 18.6 Å². The quantitative estimate of drug-likeness (QED) is 0.887. The molecule has 1 aliphatic rings. The highest BCUT2D eigenvalue weighted by atomic mass is 19.1. The normalized spacial score (nSPS) is 16.1. The highest BCUT2D eigenvalue weighted by Crippen LogP contribution is 2.31. The number of anilines is 2. The van der Waals surface area contributed by atoms with Gasteiger partial charge in [0.25, 0.3) is 0 Å². The van der Waals surface area contributed by atoms with E-state index < -0.39 is 11.6 Å². The van der Waals surface area contributed by atoms with E-state index in [1.165, 1.54) is 31.4 Å². The van der Waals surface area contributed by atoms with Crippen LogP contribution in [0.1, 0.15) is 43.7 Å². The van der Waals surface area contributed by atoms with Crippen LogP contribution >= 0.6 is 0 Å². The fourth-order valence-electron chi connectivity index (χ4n) is 2.93. The number of hydrogen-bond acceptors (Lipinski definition) is 2. The van der Waals surface area contributed by atoms with E-state index in [4.69, 9.17) is 0 Å². The van der Waals surface area contributed by atoms with E-state index in [-0.39, 0.29) is 5.69 Å². The largest absolute Gasteiger partial charge is 0.323 e. The van der Waals surface area contributed by atoms with Crippen LogP contribution in [-0.4, -0.2) is 9.55 Å². The Morgan fingerprint density at radius 2 is 1.90 bits per heavy atom. The Balaban J connectivity index is 1.85. The smallest absolute Gasteiger partial charge is 0.207 e. The Kier molecular flexibility index (Phi) is 3.90. The number of nitrogens with zero attached hydrogens (tertiary/aromatic N) is 2. The lowest BCUT2D eigenvalue weighted by Gasteiger charge is -2.24. The summed E-state index contributed by atoms with van der Waals surface area (Å²) in [5.41, 5.74) is 0.426. The van der Waals surface area contributed by atoms with Crippen LogP contribution in [0.5, 0.6) is 0 Å². The summed E-state index contributed by atoms with van der Waals surface area (Å²) in [6.07, 6.45) is 9.49. The van der Waals surface area contributed by atoms with Crippen molar-refractivity contribution in [3.8, 4) is 0 Å². The second-order valence-corrected chi connectivity index (χ2v) is 5.66. The predicted octanol–water partition coefficient (Wildman–Crippen LogP) is 4.72. The van der Waals surface area contributed by atoms with Gasteiger partial charge in [-0.2, -0.15) is 0 Å². The highest BCUT2D eigenvalue weighted by molar-refractivity contribution is 5.55. The summed E-state index contributed by atoms with van der Waals surface area (Å²) in [4.78, 5) is 4.24. The van der Waals surface area contributed by atoms with E-state index in [1.807, 2.05) is 10.8 Å². The lowest BCUT2D eigenvalue weighted by molar-refractivity contribution is 0.356. The molecular formula is C16H19F2N3. The molecule has 1 fully saturated rings. The molecule has 1 N–H and O–H groups in total. The second-order valence-electron chi connectivity index (χ2n) is 5.66. The van der Waals surface area contributed by atoms with Gasteiger partial charge in [0.15, 0.2) is 0 Å². The van der Waals surface area contributed by atoms with Gasteiger partial charge >= 0.3 is 0 Å². The lowest BCUT2D eigenvalue weighted by Crippen LogP contribution is -2.14. The molecule has 0 amide bonds. The summed E-state index contributed by atoms with van der Waals surface area (Å²) in [6, 6.07) is 2.78. The van der Waals surface area contributed by atoms with Crippen molar-refractivity contribution < 1.29 is 8.78 Å². The molecule has 0 bridgehead atoms. The van der Waals surface area contributed by atoms with Gasteiger partial charge in [0, 0.05) is 24.5 Å². The number of aryl methyl sites for hydroxylation is 1. The van der Waals surface area contributed by atoms with E-state index in [0.29, 0.717) is 17.6 Å². The maximum absolute atomic E-state index is 13.9. The molecule has 0 radical (unpaired) electrons. The molecule has 0 saturated heterocycles. The Bertz CT molecular complexity index is 630. The van der Waals surface area contributed by atoms with Crippen LogP contribution in [0.15, 0.2) is 24.5 Å². The summed E-state index contributed by atoms with van der Waals surface area (Å²) in [5, 5.41) is 2.92. The van der Waals surface area contributed by atoms with E-state index in [0.717, 1.165) is 12.8 Å². The molecule has 1 aromatic heterocycles. The van der Waals surface area contributed by atoms with Gasteiger partial charge in [-0.15, -0.1) is 0 Å². The number of imidazole rings is 1. The Hall–Kier alpha value is -1.91. The van der Waals surface area contributed by atoms with Crippen molar-refractivity contribution in [2.45, 2.75) is 45.1 Å². The van der Waals surface area contributed by atoms with E-state index in [1.54, 1.807) is 13.1 Å².